The molecule has 0 radical (unpaired) electrons. The smallest absolute Gasteiger partial charge is 0.262 e. The lowest BCUT2D eigenvalue weighted by molar-refractivity contribution is -0.118. The van der Waals surface area contributed by atoms with E-state index in [4.69, 9.17) is 21.1 Å². The van der Waals surface area contributed by atoms with Crippen molar-refractivity contribution in [3.8, 4) is 11.5 Å². The maximum absolute atomic E-state index is 12.2. The van der Waals surface area contributed by atoms with Gasteiger partial charge < -0.3 is 20.1 Å². The topological polar surface area (TPSA) is 59.6 Å². The number of anilines is 1. The molecule has 0 aliphatic rings. The number of hydrogen-bond donors (Lipinski definition) is 2. The third kappa shape index (κ3) is 8.42. The zero-order chi connectivity index (χ0) is 23.2. The van der Waals surface area contributed by atoms with Crippen molar-refractivity contribution in [2.75, 3.05) is 19.0 Å². The lowest BCUT2D eigenvalue weighted by atomic mass is 9.82. The van der Waals surface area contributed by atoms with Gasteiger partial charge in [-0.2, -0.15) is 0 Å². The lowest BCUT2D eigenvalue weighted by Gasteiger charge is -2.33. The van der Waals surface area contributed by atoms with Gasteiger partial charge in [0.25, 0.3) is 5.91 Å². The summed E-state index contributed by atoms with van der Waals surface area (Å²) in [6.45, 7) is 13.5. The number of ether oxygens (including phenoxy) is 2. The summed E-state index contributed by atoms with van der Waals surface area (Å²) in [4.78, 5) is 12.2. The fourth-order valence-corrected chi connectivity index (χ4v) is 3.91. The molecular weight excluding hydrogens is 412 g/mol. The number of nitrogens with one attached hydrogen (secondary N) is 2. The van der Waals surface area contributed by atoms with Crippen molar-refractivity contribution < 1.29 is 14.3 Å². The van der Waals surface area contributed by atoms with Gasteiger partial charge in [-0.3, -0.25) is 4.79 Å². The second-order valence-electron chi connectivity index (χ2n) is 9.77. The summed E-state index contributed by atoms with van der Waals surface area (Å²) in [6, 6.07) is 11.1. The Labute approximate surface area is 191 Å². The van der Waals surface area contributed by atoms with E-state index in [0.717, 1.165) is 23.2 Å². The minimum Gasteiger partial charge on any atom is -0.493 e. The van der Waals surface area contributed by atoms with Crippen molar-refractivity contribution in [2.24, 2.45) is 5.41 Å². The molecule has 170 valence electrons. The first-order valence-corrected chi connectivity index (χ1v) is 10.9. The van der Waals surface area contributed by atoms with Crippen LogP contribution in [0.2, 0.25) is 5.02 Å². The van der Waals surface area contributed by atoms with Crippen molar-refractivity contribution in [1.82, 2.24) is 5.32 Å². The highest BCUT2D eigenvalue weighted by Crippen LogP contribution is 2.34. The summed E-state index contributed by atoms with van der Waals surface area (Å²) in [5, 5.41) is 6.95. The number of halogens is 1. The molecule has 1 amide bonds. The molecule has 0 aromatic heterocycles. The first-order valence-electron chi connectivity index (χ1n) is 10.5. The summed E-state index contributed by atoms with van der Waals surface area (Å²) >= 11 is 6.50. The molecule has 0 atom stereocenters. The molecule has 0 saturated heterocycles. The molecule has 0 spiro atoms. The van der Waals surface area contributed by atoms with E-state index in [1.807, 2.05) is 37.3 Å². The average molecular weight is 447 g/mol. The molecule has 6 heteroatoms. The molecule has 0 fully saturated rings. The van der Waals surface area contributed by atoms with Crippen LogP contribution < -0.4 is 20.1 Å². The van der Waals surface area contributed by atoms with Crippen LogP contribution in [0.1, 0.15) is 52.2 Å². The van der Waals surface area contributed by atoms with Crippen molar-refractivity contribution in [3.05, 3.63) is 52.5 Å². The van der Waals surface area contributed by atoms with Gasteiger partial charge in [0.15, 0.2) is 18.1 Å². The normalized spacial score (nSPS) is 11.9. The van der Waals surface area contributed by atoms with E-state index in [0.29, 0.717) is 23.1 Å². The van der Waals surface area contributed by atoms with Gasteiger partial charge in [-0.1, -0.05) is 50.1 Å². The van der Waals surface area contributed by atoms with E-state index in [1.165, 1.54) is 0 Å². The number of aryl methyl sites for hydroxylation is 1. The molecule has 2 rings (SSSR count). The van der Waals surface area contributed by atoms with Crippen molar-refractivity contribution in [3.63, 3.8) is 0 Å². The van der Waals surface area contributed by atoms with Crippen LogP contribution in [0.15, 0.2) is 36.4 Å². The first-order chi connectivity index (χ1) is 14.4. The third-order valence-corrected chi connectivity index (χ3v) is 5.11. The van der Waals surface area contributed by atoms with E-state index in [2.05, 4.69) is 45.3 Å². The number of carbonyl (C=O) groups is 1. The number of hydrogen-bond acceptors (Lipinski definition) is 4. The van der Waals surface area contributed by atoms with Crippen LogP contribution in [0.25, 0.3) is 0 Å². The molecular formula is C25H35ClN2O3. The SMILES string of the molecule is COc1cc(CNC(C)(C)CC(C)(C)C)c(Cl)cc1OCC(=O)Nc1ccc(C)cc1. The van der Waals surface area contributed by atoms with Crippen molar-refractivity contribution >= 4 is 23.2 Å². The van der Waals surface area contributed by atoms with Gasteiger partial charge in [0.1, 0.15) is 0 Å². The van der Waals surface area contributed by atoms with Crippen molar-refractivity contribution in [2.45, 2.75) is 60.0 Å². The van der Waals surface area contributed by atoms with Crippen LogP contribution in [0.4, 0.5) is 5.69 Å². The van der Waals surface area contributed by atoms with E-state index in [1.54, 1.807) is 13.2 Å². The zero-order valence-corrected chi connectivity index (χ0v) is 20.4. The summed E-state index contributed by atoms with van der Waals surface area (Å²) in [5.74, 6) is 0.721. The predicted octanol–water partition coefficient (Wildman–Crippen LogP) is 5.98. The van der Waals surface area contributed by atoms with E-state index in [-0.39, 0.29) is 23.5 Å². The van der Waals surface area contributed by atoms with Crippen LogP contribution >= 0.6 is 11.6 Å². The summed E-state index contributed by atoms with van der Waals surface area (Å²) < 4.78 is 11.2. The predicted molar refractivity (Wildman–Crippen MR) is 128 cm³/mol. The maximum atomic E-state index is 12.2. The molecule has 2 aromatic carbocycles. The molecule has 0 aliphatic carbocycles. The Hall–Kier alpha value is -2.24. The highest BCUT2D eigenvalue weighted by atomic mass is 35.5. The monoisotopic (exact) mass is 446 g/mol. The number of amides is 1. The average Bonchev–Trinajstić information content (AvgIpc) is 2.65. The largest absolute Gasteiger partial charge is 0.493 e. The van der Waals surface area contributed by atoms with Gasteiger partial charge in [0.05, 0.1) is 7.11 Å². The Morgan fingerprint density at radius 1 is 1.03 bits per heavy atom. The van der Waals surface area contributed by atoms with Gasteiger partial charge in [0, 0.05) is 28.9 Å². The highest BCUT2D eigenvalue weighted by molar-refractivity contribution is 6.31. The molecule has 5 nitrogen and oxygen atoms in total. The van der Waals surface area contributed by atoms with E-state index in [9.17, 15) is 4.79 Å². The minimum atomic E-state index is -0.253. The highest BCUT2D eigenvalue weighted by Gasteiger charge is 2.25. The first kappa shape index (κ1) is 25.0. The molecule has 2 aromatic rings. The van der Waals surface area contributed by atoms with Gasteiger partial charge in [-0.15, -0.1) is 0 Å². The molecule has 0 bridgehead atoms. The third-order valence-electron chi connectivity index (χ3n) is 4.76. The summed E-state index contributed by atoms with van der Waals surface area (Å²) in [6.07, 6.45) is 1.02. The molecule has 2 N–H and O–H groups in total. The van der Waals surface area contributed by atoms with Crippen LogP contribution in [-0.2, 0) is 11.3 Å². The Morgan fingerprint density at radius 3 is 2.26 bits per heavy atom. The van der Waals surface area contributed by atoms with Crippen LogP contribution in [0.5, 0.6) is 11.5 Å². The van der Waals surface area contributed by atoms with Crippen molar-refractivity contribution in [1.29, 1.82) is 0 Å². The molecule has 31 heavy (non-hydrogen) atoms. The Balaban J connectivity index is 2.01. The second-order valence-corrected chi connectivity index (χ2v) is 10.2. The van der Waals surface area contributed by atoms with E-state index >= 15 is 0 Å². The van der Waals surface area contributed by atoms with Crippen LogP contribution in [0.3, 0.4) is 0 Å². The zero-order valence-electron chi connectivity index (χ0n) is 19.7. The van der Waals surface area contributed by atoms with Gasteiger partial charge in [0.2, 0.25) is 0 Å². The summed E-state index contributed by atoms with van der Waals surface area (Å²) in [7, 11) is 1.57. The Kier molecular flexibility index (Phi) is 8.38. The number of methoxy groups -OCH3 is 1. The number of benzene rings is 2. The maximum Gasteiger partial charge on any atom is 0.262 e. The Morgan fingerprint density at radius 2 is 1.68 bits per heavy atom. The van der Waals surface area contributed by atoms with Gasteiger partial charge in [-0.25, -0.2) is 0 Å². The molecule has 0 heterocycles. The fourth-order valence-electron chi connectivity index (χ4n) is 3.69. The standard InChI is InChI=1S/C25H35ClN2O3/c1-17-8-10-19(11-9-17)28-23(29)15-31-22-13-20(26)18(12-21(22)30-7)14-27-25(5,6)16-24(2,3)4/h8-13,27H,14-16H2,1-7H3,(H,28,29). The molecule has 0 unspecified atom stereocenters. The molecule has 0 aliphatic heterocycles. The second kappa shape index (κ2) is 10.4. The quantitative estimate of drug-likeness (QED) is 0.497. The van der Waals surface area contributed by atoms with Crippen LogP contribution in [0, 0.1) is 12.3 Å². The number of carbonyl (C=O) groups excluding carboxylic acids is 1. The summed E-state index contributed by atoms with van der Waals surface area (Å²) in [5.41, 5.74) is 2.94. The van der Waals surface area contributed by atoms with E-state index < -0.39 is 0 Å². The number of rotatable bonds is 9. The van der Waals surface area contributed by atoms with Gasteiger partial charge in [-0.05, 0) is 56.4 Å². The van der Waals surface area contributed by atoms with Gasteiger partial charge >= 0.3 is 0 Å². The Bertz CT molecular complexity index is 887. The fraction of sp³-hybridized carbons (Fsp3) is 0.480. The lowest BCUT2D eigenvalue weighted by Crippen LogP contribution is -2.41. The molecule has 0 saturated carbocycles. The van der Waals surface area contributed by atoms with Crippen LogP contribution in [-0.4, -0.2) is 25.2 Å². The minimum absolute atomic E-state index is 0.0436.